The number of hydrogen-bond donors (Lipinski definition) is 1. The summed E-state index contributed by atoms with van der Waals surface area (Å²) in [6.07, 6.45) is 0.151. The Hall–Kier alpha value is -2.11. The highest BCUT2D eigenvalue weighted by Gasteiger charge is 2.22. The summed E-state index contributed by atoms with van der Waals surface area (Å²) in [6, 6.07) is 2.36. The van der Waals surface area contributed by atoms with E-state index in [9.17, 15) is 20.0 Å². The number of ether oxygens (including phenoxy) is 1. The average molecular weight is 225 g/mol. The van der Waals surface area contributed by atoms with Crippen molar-refractivity contribution in [1.29, 1.82) is 0 Å². The predicted molar refractivity (Wildman–Crippen MR) is 55.9 cm³/mol. The van der Waals surface area contributed by atoms with Gasteiger partial charge >= 0.3 is 5.69 Å². The highest BCUT2D eigenvalue weighted by molar-refractivity contribution is 6.00. The molecule has 0 aliphatic heterocycles. The molecule has 0 aliphatic carbocycles. The van der Waals surface area contributed by atoms with E-state index in [4.69, 9.17) is 4.74 Å². The highest BCUT2D eigenvalue weighted by Crippen LogP contribution is 2.34. The first-order valence-electron chi connectivity index (χ1n) is 4.59. The molecule has 1 aromatic rings. The van der Waals surface area contributed by atoms with Gasteiger partial charge in [-0.3, -0.25) is 14.9 Å². The van der Waals surface area contributed by atoms with Gasteiger partial charge in [0.15, 0.2) is 5.78 Å². The molecule has 6 heteroatoms. The van der Waals surface area contributed by atoms with Gasteiger partial charge in [-0.1, -0.05) is 6.92 Å². The Kier molecular flexibility index (Phi) is 3.44. The molecule has 1 rings (SSSR count). The van der Waals surface area contributed by atoms with Gasteiger partial charge in [-0.2, -0.15) is 0 Å². The zero-order valence-electron chi connectivity index (χ0n) is 8.89. The van der Waals surface area contributed by atoms with Crippen LogP contribution in [0, 0.1) is 10.1 Å². The fourth-order valence-corrected chi connectivity index (χ4v) is 1.25. The number of nitrogens with zero attached hydrogens (tertiary/aromatic N) is 1. The lowest BCUT2D eigenvalue weighted by atomic mass is 10.1. The first-order chi connectivity index (χ1) is 7.51. The van der Waals surface area contributed by atoms with Gasteiger partial charge in [0.1, 0.15) is 5.75 Å². The smallest absolute Gasteiger partial charge is 0.315 e. The number of aromatic hydroxyl groups is 1. The molecule has 0 aliphatic rings. The van der Waals surface area contributed by atoms with Crippen LogP contribution in [0.4, 0.5) is 5.69 Å². The summed E-state index contributed by atoms with van der Waals surface area (Å²) in [7, 11) is 1.33. The Balaban J connectivity index is 3.43. The van der Waals surface area contributed by atoms with Crippen molar-refractivity contribution in [1.82, 2.24) is 0 Å². The van der Waals surface area contributed by atoms with Crippen molar-refractivity contribution in [2.75, 3.05) is 7.11 Å². The highest BCUT2D eigenvalue weighted by atomic mass is 16.6. The molecule has 0 aromatic heterocycles. The number of rotatable bonds is 4. The standard InChI is InChI=1S/C10H11NO5/c1-3-9(12)7-4-6(16-2)5-8(10(7)13)11(14)15/h4-5,13H,3H2,1-2H3. The van der Waals surface area contributed by atoms with Crippen molar-refractivity contribution in [2.45, 2.75) is 13.3 Å². The third-order valence-corrected chi connectivity index (χ3v) is 2.12. The maximum absolute atomic E-state index is 11.4. The molecule has 0 unspecified atom stereocenters. The maximum Gasteiger partial charge on any atom is 0.315 e. The number of carbonyl (C=O) groups excluding carboxylic acids is 1. The number of Topliss-reactive ketones (excluding diaryl/α,β-unsaturated/α-hetero) is 1. The van der Waals surface area contributed by atoms with Gasteiger partial charge in [0.05, 0.1) is 23.7 Å². The minimum Gasteiger partial charge on any atom is -0.502 e. The second kappa shape index (κ2) is 4.61. The van der Waals surface area contributed by atoms with E-state index in [1.807, 2.05) is 0 Å². The number of nitro groups is 1. The Morgan fingerprint density at radius 2 is 2.19 bits per heavy atom. The molecule has 0 spiro atoms. The van der Waals surface area contributed by atoms with E-state index in [1.165, 1.54) is 13.2 Å². The molecule has 1 aromatic carbocycles. The molecule has 0 amide bonds. The Bertz CT molecular complexity index is 441. The minimum absolute atomic E-state index is 0.0893. The maximum atomic E-state index is 11.4. The van der Waals surface area contributed by atoms with Gasteiger partial charge < -0.3 is 9.84 Å². The van der Waals surface area contributed by atoms with E-state index in [0.29, 0.717) is 0 Å². The third-order valence-electron chi connectivity index (χ3n) is 2.12. The number of nitro benzene ring substituents is 1. The number of benzene rings is 1. The van der Waals surface area contributed by atoms with Gasteiger partial charge in [0.2, 0.25) is 5.75 Å². The summed E-state index contributed by atoms with van der Waals surface area (Å²) in [6.45, 7) is 1.60. The Morgan fingerprint density at radius 1 is 1.56 bits per heavy atom. The molecule has 0 fully saturated rings. The summed E-state index contributed by atoms with van der Waals surface area (Å²) >= 11 is 0. The molecule has 0 atom stereocenters. The molecule has 0 radical (unpaired) electrons. The van der Waals surface area contributed by atoms with Gasteiger partial charge in [-0.15, -0.1) is 0 Å². The van der Waals surface area contributed by atoms with Crippen LogP contribution in [-0.4, -0.2) is 22.9 Å². The van der Waals surface area contributed by atoms with Gasteiger partial charge in [-0.25, -0.2) is 0 Å². The zero-order chi connectivity index (χ0) is 12.3. The van der Waals surface area contributed by atoms with Crippen LogP contribution in [0.1, 0.15) is 23.7 Å². The van der Waals surface area contributed by atoms with Crippen LogP contribution in [0.25, 0.3) is 0 Å². The fourth-order valence-electron chi connectivity index (χ4n) is 1.25. The number of phenolic OH excluding ortho intramolecular Hbond substituents is 1. The molecule has 16 heavy (non-hydrogen) atoms. The lowest BCUT2D eigenvalue weighted by molar-refractivity contribution is -0.386. The Morgan fingerprint density at radius 3 is 2.62 bits per heavy atom. The third kappa shape index (κ3) is 2.10. The second-order valence-corrected chi connectivity index (χ2v) is 3.08. The number of methoxy groups -OCH3 is 1. The lowest BCUT2D eigenvalue weighted by Crippen LogP contribution is -2.01. The largest absolute Gasteiger partial charge is 0.502 e. The lowest BCUT2D eigenvalue weighted by Gasteiger charge is -2.06. The van der Waals surface area contributed by atoms with E-state index in [2.05, 4.69) is 0 Å². The van der Waals surface area contributed by atoms with Crippen LogP contribution in [-0.2, 0) is 0 Å². The van der Waals surface area contributed by atoms with E-state index >= 15 is 0 Å². The molecule has 0 saturated carbocycles. The summed E-state index contributed by atoms with van der Waals surface area (Å²) in [5, 5.41) is 20.2. The van der Waals surface area contributed by atoms with Crippen LogP contribution in [0.15, 0.2) is 12.1 Å². The summed E-state index contributed by atoms with van der Waals surface area (Å²) in [5.74, 6) is -0.821. The van der Waals surface area contributed by atoms with E-state index in [-0.39, 0.29) is 23.5 Å². The molecule has 1 N–H and O–H groups in total. The van der Waals surface area contributed by atoms with Crippen molar-refractivity contribution in [3.8, 4) is 11.5 Å². The zero-order valence-corrected chi connectivity index (χ0v) is 8.89. The van der Waals surface area contributed by atoms with Crippen LogP contribution in [0.2, 0.25) is 0 Å². The predicted octanol–water partition coefficient (Wildman–Crippen LogP) is 1.90. The summed E-state index contributed by atoms with van der Waals surface area (Å²) in [5.41, 5.74) is -0.621. The van der Waals surface area contributed by atoms with Crippen LogP contribution in [0.5, 0.6) is 11.5 Å². The second-order valence-electron chi connectivity index (χ2n) is 3.08. The quantitative estimate of drug-likeness (QED) is 0.480. The molecule has 6 nitrogen and oxygen atoms in total. The van der Waals surface area contributed by atoms with E-state index < -0.39 is 16.4 Å². The van der Waals surface area contributed by atoms with Gasteiger partial charge in [-0.05, 0) is 6.07 Å². The molecule has 86 valence electrons. The van der Waals surface area contributed by atoms with Gasteiger partial charge in [0, 0.05) is 6.42 Å². The van der Waals surface area contributed by atoms with Crippen molar-refractivity contribution >= 4 is 11.5 Å². The molecule has 0 heterocycles. The molecular formula is C10H11NO5. The van der Waals surface area contributed by atoms with Crippen LogP contribution < -0.4 is 4.74 Å². The van der Waals surface area contributed by atoms with E-state index in [1.54, 1.807) is 6.92 Å². The first kappa shape index (κ1) is 12.0. The van der Waals surface area contributed by atoms with Crippen molar-refractivity contribution < 1.29 is 19.6 Å². The average Bonchev–Trinajstić information content (AvgIpc) is 2.28. The molecular weight excluding hydrogens is 214 g/mol. The van der Waals surface area contributed by atoms with Gasteiger partial charge in [0.25, 0.3) is 0 Å². The first-order valence-corrected chi connectivity index (χ1v) is 4.59. The Labute approximate surface area is 91.6 Å². The van der Waals surface area contributed by atoms with Crippen LogP contribution in [0.3, 0.4) is 0 Å². The normalized spacial score (nSPS) is 9.88. The van der Waals surface area contributed by atoms with Crippen molar-refractivity contribution in [3.63, 3.8) is 0 Å². The number of ketones is 1. The molecule has 0 saturated heterocycles. The summed E-state index contributed by atoms with van der Waals surface area (Å²) in [4.78, 5) is 21.3. The minimum atomic E-state index is -0.760. The van der Waals surface area contributed by atoms with Crippen molar-refractivity contribution in [3.05, 3.63) is 27.8 Å². The van der Waals surface area contributed by atoms with Crippen molar-refractivity contribution in [2.24, 2.45) is 0 Å². The SMILES string of the molecule is CCC(=O)c1cc(OC)cc([N+](=O)[O-])c1O. The van der Waals surface area contributed by atoms with Crippen LogP contribution >= 0.6 is 0 Å². The molecule has 0 bridgehead atoms. The number of hydrogen-bond acceptors (Lipinski definition) is 5. The topological polar surface area (TPSA) is 89.7 Å². The van der Waals surface area contributed by atoms with E-state index in [0.717, 1.165) is 6.07 Å². The number of carbonyl (C=O) groups is 1. The number of phenols is 1. The monoisotopic (exact) mass is 225 g/mol. The fraction of sp³-hybridized carbons (Fsp3) is 0.300. The summed E-state index contributed by atoms with van der Waals surface area (Å²) < 4.78 is 4.83.